The number of sulfonamides is 1. The summed E-state index contributed by atoms with van der Waals surface area (Å²) in [6.45, 7) is 4.50. The molecule has 5 rings (SSSR count). The number of amides is 1. The lowest BCUT2D eigenvalue weighted by Gasteiger charge is -2.28. The molecule has 0 bridgehead atoms. The van der Waals surface area contributed by atoms with E-state index in [-0.39, 0.29) is 0 Å². The summed E-state index contributed by atoms with van der Waals surface area (Å²) < 4.78 is 34.7. The van der Waals surface area contributed by atoms with Crippen molar-refractivity contribution in [2.45, 2.75) is 26.4 Å². The third-order valence-electron chi connectivity index (χ3n) is 6.51. The zero-order chi connectivity index (χ0) is 26.9. The third kappa shape index (κ3) is 4.95. The molecule has 0 fully saturated rings. The van der Waals surface area contributed by atoms with E-state index >= 15 is 0 Å². The average molecular weight is 528 g/mol. The van der Waals surface area contributed by atoms with Crippen molar-refractivity contribution >= 4 is 49.1 Å². The van der Waals surface area contributed by atoms with Gasteiger partial charge in [0.1, 0.15) is 17.5 Å². The van der Waals surface area contributed by atoms with E-state index in [1.54, 1.807) is 31.2 Å². The van der Waals surface area contributed by atoms with Crippen LogP contribution in [0.3, 0.4) is 0 Å². The molecule has 0 unspecified atom stereocenters. The van der Waals surface area contributed by atoms with Gasteiger partial charge >= 0.3 is 0 Å². The van der Waals surface area contributed by atoms with Gasteiger partial charge in [-0.3, -0.25) is 9.10 Å². The first-order valence-electron chi connectivity index (χ1n) is 12.4. The van der Waals surface area contributed by atoms with Crippen LogP contribution in [0.2, 0.25) is 0 Å². The SMILES string of the molecule is CCn1c2ccccc2c2cc(NC(=O)[C@@H](C)N(c3ccc(Oc4ccccc4)cc3)S(C)(=O)=O)ccc21. The summed E-state index contributed by atoms with van der Waals surface area (Å²) in [7, 11) is -3.76. The molecule has 1 N–H and O–H groups in total. The van der Waals surface area contributed by atoms with Gasteiger partial charge in [-0.1, -0.05) is 36.4 Å². The number of para-hydroxylation sites is 2. The van der Waals surface area contributed by atoms with Crippen LogP contribution in [0.5, 0.6) is 11.5 Å². The van der Waals surface area contributed by atoms with Gasteiger partial charge in [-0.25, -0.2) is 8.42 Å². The molecule has 8 heteroatoms. The molecule has 1 aromatic heterocycles. The Balaban J connectivity index is 1.40. The fraction of sp³-hybridized carbons (Fsp3) is 0.167. The maximum atomic E-state index is 13.3. The minimum absolute atomic E-state index is 0.372. The molecule has 1 heterocycles. The Kier molecular flexibility index (Phi) is 6.82. The second-order valence-electron chi connectivity index (χ2n) is 9.13. The van der Waals surface area contributed by atoms with Crippen LogP contribution in [-0.4, -0.2) is 31.2 Å². The van der Waals surface area contributed by atoms with Crippen LogP contribution in [0, 0.1) is 0 Å². The fourth-order valence-electron chi connectivity index (χ4n) is 4.81. The highest BCUT2D eigenvalue weighted by atomic mass is 32.2. The maximum absolute atomic E-state index is 13.3. The second kappa shape index (κ2) is 10.2. The Hall–Kier alpha value is -4.30. The van der Waals surface area contributed by atoms with E-state index in [0.29, 0.717) is 22.9 Å². The van der Waals surface area contributed by atoms with Crippen molar-refractivity contribution in [3.8, 4) is 11.5 Å². The molecule has 0 aliphatic carbocycles. The standard InChI is InChI=1S/C30H29N3O4S/c1-4-32-28-13-9-8-12-26(28)27-20-22(14-19-29(27)32)31-30(34)21(2)33(38(3,35)36)23-15-17-25(18-16-23)37-24-10-6-5-7-11-24/h5-21H,4H2,1-3H3,(H,31,34)/t21-/m1/s1. The minimum Gasteiger partial charge on any atom is -0.457 e. The van der Waals surface area contributed by atoms with E-state index in [4.69, 9.17) is 4.74 Å². The fourth-order valence-corrected chi connectivity index (χ4v) is 5.99. The monoisotopic (exact) mass is 527 g/mol. The van der Waals surface area contributed by atoms with E-state index in [1.165, 1.54) is 0 Å². The molecule has 0 aliphatic rings. The largest absolute Gasteiger partial charge is 0.457 e. The molecule has 0 radical (unpaired) electrons. The summed E-state index contributed by atoms with van der Waals surface area (Å²) in [5.41, 5.74) is 3.19. The molecule has 1 atom stereocenters. The van der Waals surface area contributed by atoms with Crippen molar-refractivity contribution in [3.63, 3.8) is 0 Å². The highest BCUT2D eigenvalue weighted by Crippen LogP contribution is 2.32. The van der Waals surface area contributed by atoms with Gasteiger partial charge in [-0.2, -0.15) is 0 Å². The predicted octanol–water partition coefficient (Wildman–Crippen LogP) is 6.40. The number of fused-ring (bicyclic) bond motifs is 3. The van der Waals surface area contributed by atoms with Crippen LogP contribution in [0.15, 0.2) is 97.1 Å². The van der Waals surface area contributed by atoms with Gasteiger partial charge in [-0.05, 0) is 74.5 Å². The van der Waals surface area contributed by atoms with Crippen molar-refractivity contribution in [1.82, 2.24) is 4.57 Å². The molecule has 7 nitrogen and oxygen atoms in total. The van der Waals surface area contributed by atoms with Gasteiger partial charge in [0.2, 0.25) is 15.9 Å². The molecule has 5 aromatic rings. The van der Waals surface area contributed by atoms with Crippen LogP contribution in [-0.2, 0) is 21.4 Å². The smallest absolute Gasteiger partial charge is 0.247 e. The molecule has 0 saturated carbocycles. The number of ether oxygens (including phenoxy) is 1. The van der Waals surface area contributed by atoms with Crippen LogP contribution < -0.4 is 14.4 Å². The van der Waals surface area contributed by atoms with E-state index in [0.717, 1.165) is 38.9 Å². The third-order valence-corrected chi connectivity index (χ3v) is 7.76. The second-order valence-corrected chi connectivity index (χ2v) is 11.0. The lowest BCUT2D eigenvalue weighted by atomic mass is 10.1. The van der Waals surface area contributed by atoms with Crippen LogP contribution in [0.4, 0.5) is 11.4 Å². The van der Waals surface area contributed by atoms with Crippen molar-refractivity contribution in [2.75, 3.05) is 15.9 Å². The summed E-state index contributed by atoms with van der Waals surface area (Å²) in [4.78, 5) is 13.3. The molecule has 4 aromatic carbocycles. The van der Waals surface area contributed by atoms with Crippen LogP contribution >= 0.6 is 0 Å². The molecular weight excluding hydrogens is 498 g/mol. The van der Waals surface area contributed by atoms with Crippen LogP contribution in [0.1, 0.15) is 13.8 Å². The summed E-state index contributed by atoms with van der Waals surface area (Å²) >= 11 is 0. The summed E-state index contributed by atoms with van der Waals surface area (Å²) in [6, 6.07) is 28.9. The topological polar surface area (TPSA) is 80.6 Å². The lowest BCUT2D eigenvalue weighted by molar-refractivity contribution is -0.116. The van der Waals surface area contributed by atoms with Crippen molar-refractivity contribution in [3.05, 3.63) is 97.1 Å². The molecule has 38 heavy (non-hydrogen) atoms. The number of nitrogens with one attached hydrogen (secondary N) is 1. The number of nitrogens with zero attached hydrogens (tertiary/aromatic N) is 2. The van der Waals surface area contributed by atoms with Crippen molar-refractivity contribution in [1.29, 1.82) is 0 Å². The van der Waals surface area contributed by atoms with Gasteiger partial charge in [-0.15, -0.1) is 0 Å². The Morgan fingerprint density at radius 2 is 1.50 bits per heavy atom. The van der Waals surface area contributed by atoms with Gasteiger partial charge in [0, 0.05) is 34.0 Å². The van der Waals surface area contributed by atoms with Gasteiger partial charge in [0.05, 0.1) is 11.9 Å². The zero-order valence-corrected chi connectivity index (χ0v) is 22.3. The maximum Gasteiger partial charge on any atom is 0.247 e. The first-order chi connectivity index (χ1) is 18.3. The zero-order valence-electron chi connectivity index (χ0n) is 21.5. The predicted molar refractivity (Wildman–Crippen MR) is 153 cm³/mol. The highest BCUT2D eigenvalue weighted by molar-refractivity contribution is 7.92. The number of hydrogen-bond donors (Lipinski definition) is 1. The molecule has 194 valence electrons. The number of anilines is 2. The van der Waals surface area contributed by atoms with E-state index < -0.39 is 22.0 Å². The van der Waals surface area contributed by atoms with E-state index in [1.807, 2.05) is 60.7 Å². The normalized spacial score (nSPS) is 12.4. The van der Waals surface area contributed by atoms with Gasteiger partial charge in [0.25, 0.3) is 0 Å². The number of carbonyl (C=O) groups is 1. The Morgan fingerprint density at radius 1 is 0.868 bits per heavy atom. The van der Waals surface area contributed by atoms with Gasteiger partial charge in [0.15, 0.2) is 0 Å². The molecule has 1 amide bonds. The Morgan fingerprint density at radius 3 is 2.18 bits per heavy atom. The summed E-state index contributed by atoms with van der Waals surface area (Å²) in [5, 5.41) is 5.04. The lowest BCUT2D eigenvalue weighted by Crippen LogP contribution is -2.45. The molecule has 0 saturated heterocycles. The first kappa shape index (κ1) is 25.4. The number of rotatable bonds is 8. The van der Waals surface area contributed by atoms with Crippen LogP contribution in [0.25, 0.3) is 21.8 Å². The van der Waals surface area contributed by atoms with Crippen molar-refractivity contribution < 1.29 is 17.9 Å². The summed E-state index contributed by atoms with van der Waals surface area (Å²) in [6.07, 6.45) is 1.09. The number of aryl methyl sites for hydroxylation is 1. The van der Waals surface area contributed by atoms with Crippen molar-refractivity contribution in [2.24, 2.45) is 0 Å². The Bertz CT molecular complexity index is 1710. The number of aromatic nitrogens is 1. The number of carbonyl (C=O) groups excluding carboxylic acids is 1. The van der Waals surface area contributed by atoms with Gasteiger partial charge < -0.3 is 14.6 Å². The Labute approximate surface area is 222 Å². The quantitative estimate of drug-likeness (QED) is 0.253. The summed E-state index contributed by atoms with van der Waals surface area (Å²) in [5.74, 6) is 0.802. The number of benzene rings is 4. The molecule has 0 spiro atoms. The molecule has 0 aliphatic heterocycles. The average Bonchev–Trinajstić information content (AvgIpc) is 3.22. The first-order valence-corrected chi connectivity index (χ1v) is 14.3. The van der Waals surface area contributed by atoms with E-state index in [2.05, 4.69) is 28.9 Å². The highest BCUT2D eigenvalue weighted by Gasteiger charge is 2.29. The number of hydrogen-bond acceptors (Lipinski definition) is 4. The molecular formula is C30H29N3O4S. The van der Waals surface area contributed by atoms with E-state index in [9.17, 15) is 13.2 Å². The minimum atomic E-state index is -3.76.